The van der Waals surface area contributed by atoms with E-state index in [-0.39, 0.29) is 10.7 Å². The van der Waals surface area contributed by atoms with Gasteiger partial charge in [0.05, 0.1) is 11.9 Å². The number of ether oxygens (including phenoxy) is 1. The summed E-state index contributed by atoms with van der Waals surface area (Å²) < 4.78 is 26.9. The third kappa shape index (κ3) is 5.44. The summed E-state index contributed by atoms with van der Waals surface area (Å²) in [5.41, 5.74) is 0.288. The van der Waals surface area contributed by atoms with E-state index in [0.29, 0.717) is 0 Å². The SMILES string of the molecule is CS(=O)(=O)c1ccc(NC(=O)COCC(=O)O)cn1. The maximum Gasteiger partial charge on any atom is 0.329 e. The Morgan fingerprint density at radius 1 is 1.37 bits per heavy atom. The van der Waals surface area contributed by atoms with Gasteiger partial charge in [-0.05, 0) is 12.1 Å². The van der Waals surface area contributed by atoms with Crippen LogP contribution in [0.1, 0.15) is 0 Å². The van der Waals surface area contributed by atoms with Crippen molar-refractivity contribution in [2.45, 2.75) is 5.03 Å². The molecule has 0 aliphatic carbocycles. The maximum atomic E-state index is 11.3. The van der Waals surface area contributed by atoms with Gasteiger partial charge in [0.2, 0.25) is 5.91 Å². The van der Waals surface area contributed by atoms with Crippen molar-refractivity contribution in [3.63, 3.8) is 0 Å². The Balaban J connectivity index is 2.54. The monoisotopic (exact) mass is 288 g/mol. The zero-order valence-electron chi connectivity index (χ0n) is 9.99. The van der Waals surface area contributed by atoms with Crippen LogP contribution in [0.5, 0.6) is 0 Å². The van der Waals surface area contributed by atoms with Crippen LogP contribution in [0, 0.1) is 0 Å². The number of carbonyl (C=O) groups excluding carboxylic acids is 1. The molecule has 1 heterocycles. The quantitative estimate of drug-likeness (QED) is 0.725. The molecule has 1 rings (SSSR count). The van der Waals surface area contributed by atoms with Gasteiger partial charge in [-0.2, -0.15) is 0 Å². The molecule has 0 saturated heterocycles. The van der Waals surface area contributed by atoms with Gasteiger partial charge in [-0.25, -0.2) is 18.2 Å². The predicted molar refractivity (Wildman–Crippen MR) is 64.4 cm³/mol. The fourth-order valence-corrected chi connectivity index (χ4v) is 1.66. The van der Waals surface area contributed by atoms with Crippen molar-refractivity contribution in [2.75, 3.05) is 24.8 Å². The van der Waals surface area contributed by atoms with Gasteiger partial charge in [-0.15, -0.1) is 0 Å². The first kappa shape index (κ1) is 15.1. The second kappa shape index (κ2) is 6.25. The second-order valence-corrected chi connectivity index (χ2v) is 5.55. The zero-order valence-corrected chi connectivity index (χ0v) is 10.8. The molecule has 19 heavy (non-hydrogen) atoms. The van der Waals surface area contributed by atoms with Gasteiger partial charge in [0, 0.05) is 6.26 Å². The van der Waals surface area contributed by atoms with Gasteiger partial charge in [0.25, 0.3) is 0 Å². The molecular formula is C10H12N2O6S. The highest BCUT2D eigenvalue weighted by atomic mass is 32.2. The van der Waals surface area contributed by atoms with Gasteiger partial charge in [0.15, 0.2) is 14.9 Å². The minimum absolute atomic E-state index is 0.104. The Hall–Kier alpha value is -2.00. The highest BCUT2D eigenvalue weighted by Crippen LogP contribution is 2.09. The Bertz CT molecular complexity index is 566. The first-order valence-corrected chi connectivity index (χ1v) is 6.93. The minimum atomic E-state index is -3.39. The minimum Gasteiger partial charge on any atom is -0.480 e. The first-order valence-electron chi connectivity index (χ1n) is 5.04. The number of rotatable bonds is 6. The molecular weight excluding hydrogens is 276 g/mol. The van der Waals surface area contributed by atoms with E-state index in [0.717, 1.165) is 6.26 Å². The molecule has 0 bridgehead atoms. The van der Waals surface area contributed by atoms with E-state index in [9.17, 15) is 18.0 Å². The lowest BCUT2D eigenvalue weighted by molar-refractivity contribution is -0.143. The second-order valence-electron chi connectivity index (χ2n) is 3.59. The molecule has 104 valence electrons. The lowest BCUT2D eigenvalue weighted by Gasteiger charge is -2.05. The molecule has 9 heteroatoms. The number of pyridine rings is 1. The molecule has 2 N–H and O–H groups in total. The van der Waals surface area contributed by atoms with Crippen LogP contribution in [0.25, 0.3) is 0 Å². The number of carbonyl (C=O) groups is 2. The molecule has 0 saturated carbocycles. The van der Waals surface area contributed by atoms with E-state index < -0.39 is 34.9 Å². The number of sulfone groups is 1. The summed E-state index contributed by atoms with van der Waals surface area (Å²) in [6.07, 6.45) is 2.21. The normalized spacial score (nSPS) is 11.0. The lowest BCUT2D eigenvalue weighted by Crippen LogP contribution is -2.20. The van der Waals surface area contributed by atoms with Crippen molar-refractivity contribution in [1.29, 1.82) is 0 Å². The van der Waals surface area contributed by atoms with Crippen molar-refractivity contribution < 1.29 is 27.9 Å². The molecule has 1 aromatic heterocycles. The molecule has 0 atom stereocenters. The van der Waals surface area contributed by atoms with E-state index in [4.69, 9.17) is 5.11 Å². The number of hydrogen-bond donors (Lipinski definition) is 2. The summed E-state index contributed by atoms with van der Waals surface area (Å²) in [5, 5.41) is 10.6. The summed E-state index contributed by atoms with van der Waals surface area (Å²) in [6, 6.07) is 2.63. The van der Waals surface area contributed by atoms with E-state index in [2.05, 4.69) is 15.0 Å². The maximum absolute atomic E-state index is 11.3. The summed E-state index contributed by atoms with van der Waals surface area (Å²) in [5.74, 6) is -1.73. The number of anilines is 1. The summed E-state index contributed by atoms with van der Waals surface area (Å²) in [4.78, 5) is 25.1. The molecule has 0 fully saturated rings. The van der Waals surface area contributed by atoms with Gasteiger partial charge in [-0.3, -0.25) is 4.79 Å². The lowest BCUT2D eigenvalue weighted by atomic mass is 10.4. The van der Waals surface area contributed by atoms with Gasteiger partial charge in [-0.1, -0.05) is 0 Å². The Kier molecular flexibility index (Phi) is 4.95. The fourth-order valence-electron chi connectivity index (χ4n) is 1.10. The molecule has 0 spiro atoms. The Labute approximate surface area is 109 Å². The van der Waals surface area contributed by atoms with Gasteiger partial charge >= 0.3 is 5.97 Å². The van der Waals surface area contributed by atoms with Crippen LogP contribution in [0.3, 0.4) is 0 Å². The topological polar surface area (TPSA) is 123 Å². The summed E-state index contributed by atoms with van der Waals surface area (Å²) in [6.45, 7) is -0.987. The summed E-state index contributed by atoms with van der Waals surface area (Å²) in [7, 11) is -3.39. The number of carboxylic acids is 1. The van der Waals surface area contributed by atoms with E-state index in [1.54, 1.807) is 0 Å². The number of aromatic nitrogens is 1. The molecule has 0 aliphatic heterocycles. The smallest absolute Gasteiger partial charge is 0.329 e. The third-order valence-corrected chi connectivity index (χ3v) is 2.86. The van der Waals surface area contributed by atoms with Crippen LogP contribution in [-0.4, -0.2) is 49.9 Å². The standard InChI is InChI=1S/C10H12N2O6S/c1-19(16,17)9-3-2-7(4-11-9)12-8(13)5-18-6-10(14)15/h2-4H,5-6H2,1H3,(H,12,13)(H,14,15). The van der Waals surface area contributed by atoms with Crippen molar-refractivity contribution >= 4 is 27.4 Å². The average molecular weight is 288 g/mol. The third-order valence-electron chi connectivity index (χ3n) is 1.86. The fraction of sp³-hybridized carbons (Fsp3) is 0.300. The Morgan fingerprint density at radius 2 is 2.05 bits per heavy atom. The Morgan fingerprint density at radius 3 is 2.53 bits per heavy atom. The van der Waals surface area contributed by atoms with Crippen LogP contribution >= 0.6 is 0 Å². The molecule has 8 nitrogen and oxygen atoms in total. The molecule has 1 amide bonds. The summed E-state index contributed by atoms with van der Waals surface area (Å²) >= 11 is 0. The number of nitrogens with zero attached hydrogens (tertiary/aromatic N) is 1. The van der Waals surface area contributed by atoms with Gasteiger partial charge in [0.1, 0.15) is 13.2 Å². The highest BCUT2D eigenvalue weighted by Gasteiger charge is 2.09. The van der Waals surface area contributed by atoms with Crippen molar-refractivity contribution in [3.8, 4) is 0 Å². The number of hydrogen-bond acceptors (Lipinski definition) is 6. The van der Waals surface area contributed by atoms with Crippen LogP contribution in [0.4, 0.5) is 5.69 Å². The molecule has 0 unspecified atom stereocenters. The predicted octanol–water partition coefficient (Wildman–Crippen LogP) is -0.475. The van der Waals surface area contributed by atoms with Crippen LogP contribution < -0.4 is 5.32 Å². The van der Waals surface area contributed by atoms with Gasteiger partial charge < -0.3 is 15.2 Å². The number of nitrogens with one attached hydrogen (secondary N) is 1. The number of amides is 1. The average Bonchev–Trinajstić information content (AvgIpc) is 2.27. The largest absolute Gasteiger partial charge is 0.480 e. The number of carboxylic acid groups (broad SMARTS) is 1. The zero-order chi connectivity index (χ0) is 14.5. The van der Waals surface area contributed by atoms with E-state index in [1.807, 2.05) is 0 Å². The van der Waals surface area contributed by atoms with Crippen molar-refractivity contribution in [3.05, 3.63) is 18.3 Å². The van der Waals surface area contributed by atoms with Crippen LogP contribution in [0.15, 0.2) is 23.4 Å². The van der Waals surface area contributed by atoms with Crippen molar-refractivity contribution in [2.24, 2.45) is 0 Å². The molecule has 0 aliphatic rings. The van der Waals surface area contributed by atoms with Crippen LogP contribution in [-0.2, 0) is 24.2 Å². The molecule has 0 aromatic carbocycles. The molecule has 0 radical (unpaired) electrons. The van der Waals surface area contributed by atoms with Crippen LogP contribution in [0.2, 0.25) is 0 Å². The highest BCUT2D eigenvalue weighted by molar-refractivity contribution is 7.90. The van der Waals surface area contributed by atoms with E-state index >= 15 is 0 Å². The van der Waals surface area contributed by atoms with E-state index in [1.165, 1.54) is 18.3 Å². The molecule has 1 aromatic rings. The first-order chi connectivity index (χ1) is 8.79. The number of aliphatic carboxylic acids is 1. The van der Waals surface area contributed by atoms with Crippen molar-refractivity contribution in [1.82, 2.24) is 4.98 Å².